The number of benzene rings is 2. The van der Waals surface area contributed by atoms with Gasteiger partial charge in [-0.05, 0) is 93.1 Å². The Morgan fingerprint density at radius 3 is 2.64 bits per heavy atom. The van der Waals surface area contributed by atoms with Gasteiger partial charge < -0.3 is 29.4 Å². The molecule has 2 aliphatic heterocycles. The lowest BCUT2D eigenvalue weighted by molar-refractivity contribution is 0.0662. The van der Waals surface area contributed by atoms with Crippen LogP contribution in [0.25, 0.3) is 10.9 Å². The molecule has 3 heterocycles. The molecular formula is C29H37N3O4. The summed E-state index contributed by atoms with van der Waals surface area (Å²) in [6, 6.07) is 13.6. The van der Waals surface area contributed by atoms with Crippen molar-refractivity contribution in [3.8, 4) is 5.75 Å². The van der Waals surface area contributed by atoms with Crippen molar-refractivity contribution in [3.05, 3.63) is 59.3 Å². The van der Waals surface area contributed by atoms with E-state index in [9.17, 15) is 4.79 Å². The van der Waals surface area contributed by atoms with Crippen molar-refractivity contribution >= 4 is 22.5 Å². The predicted octanol–water partition coefficient (Wildman–Crippen LogP) is 4.81. The van der Waals surface area contributed by atoms with Gasteiger partial charge in [-0.15, -0.1) is 0 Å². The lowest BCUT2D eigenvalue weighted by atomic mass is 10.0. The molecule has 7 heteroatoms. The van der Waals surface area contributed by atoms with Crippen LogP contribution in [0.1, 0.15) is 47.3 Å². The largest absolute Gasteiger partial charge is 0.491 e. The number of carbonyl (C=O) groups is 1. The highest BCUT2D eigenvalue weighted by Gasteiger charge is 2.17. The molecule has 1 aromatic heterocycles. The molecule has 5 rings (SSSR count). The Morgan fingerprint density at radius 2 is 1.89 bits per heavy atom. The van der Waals surface area contributed by atoms with Gasteiger partial charge in [0.15, 0.2) is 0 Å². The lowest BCUT2D eigenvalue weighted by Gasteiger charge is -2.22. The van der Waals surface area contributed by atoms with E-state index in [0.29, 0.717) is 18.1 Å². The third-order valence-corrected chi connectivity index (χ3v) is 7.50. The number of aryl methyl sites for hydroxylation is 2. The van der Waals surface area contributed by atoms with Gasteiger partial charge in [-0.3, -0.25) is 4.79 Å². The number of aromatic nitrogens is 1. The normalized spacial score (nSPS) is 18.6. The summed E-state index contributed by atoms with van der Waals surface area (Å²) in [5.41, 5.74) is 4.91. The maximum atomic E-state index is 12.9. The van der Waals surface area contributed by atoms with Gasteiger partial charge in [-0.25, -0.2) is 0 Å². The van der Waals surface area contributed by atoms with Crippen molar-refractivity contribution in [1.29, 1.82) is 0 Å². The number of ether oxygens (including phenoxy) is 3. The summed E-state index contributed by atoms with van der Waals surface area (Å²) >= 11 is 0. The molecule has 0 radical (unpaired) electrons. The molecule has 0 aliphatic carbocycles. The first kappa shape index (κ1) is 24.8. The highest BCUT2D eigenvalue weighted by Crippen LogP contribution is 2.29. The van der Waals surface area contributed by atoms with E-state index >= 15 is 0 Å². The van der Waals surface area contributed by atoms with Gasteiger partial charge in [-0.1, -0.05) is 0 Å². The summed E-state index contributed by atoms with van der Waals surface area (Å²) in [5, 5.41) is 7.88. The zero-order valence-electron chi connectivity index (χ0n) is 21.3. The Balaban J connectivity index is 1.20. The summed E-state index contributed by atoms with van der Waals surface area (Å²) in [7, 11) is 2.11. The first-order chi connectivity index (χ1) is 17.6. The van der Waals surface area contributed by atoms with Crippen molar-refractivity contribution < 1.29 is 19.0 Å². The zero-order chi connectivity index (χ0) is 24.9. The Kier molecular flexibility index (Phi) is 7.90. The van der Waals surface area contributed by atoms with Crippen molar-refractivity contribution in [2.75, 3.05) is 38.3 Å². The fourth-order valence-electron chi connectivity index (χ4n) is 5.13. The highest BCUT2D eigenvalue weighted by molar-refractivity contribution is 6.06. The number of nitrogens with one attached hydrogen (secondary N) is 2. The van der Waals surface area contributed by atoms with Gasteiger partial charge in [0.25, 0.3) is 5.91 Å². The number of carbonyl (C=O) groups excluding carboxylic acids is 1. The number of anilines is 1. The van der Waals surface area contributed by atoms with Crippen LogP contribution < -0.4 is 15.4 Å². The van der Waals surface area contributed by atoms with Crippen LogP contribution in [0.2, 0.25) is 0 Å². The number of hydrogen-bond donors (Lipinski definition) is 2. The molecule has 3 aromatic rings. The molecule has 1 atom stereocenters. The fraction of sp³-hybridized carbons (Fsp3) is 0.483. The van der Waals surface area contributed by atoms with Gasteiger partial charge in [0.2, 0.25) is 0 Å². The van der Waals surface area contributed by atoms with Crippen LogP contribution in [0.3, 0.4) is 0 Å². The van der Waals surface area contributed by atoms with Crippen molar-refractivity contribution in [3.63, 3.8) is 0 Å². The number of nitrogens with zero attached hydrogens (tertiary/aromatic N) is 1. The maximum Gasteiger partial charge on any atom is 0.255 e. The highest BCUT2D eigenvalue weighted by atomic mass is 16.5. The molecule has 2 N–H and O–H groups in total. The Hall–Kier alpha value is -2.87. The predicted molar refractivity (Wildman–Crippen MR) is 142 cm³/mol. The van der Waals surface area contributed by atoms with E-state index in [2.05, 4.69) is 41.3 Å². The third kappa shape index (κ3) is 5.75. The summed E-state index contributed by atoms with van der Waals surface area (Å²) in [6.07, 6.45) is 4.58. The number of fused-ring (bicyclic) bond motifs is 1. The molecule has 1 amide bonds. The second-order valence-corrected chi connectivity index (χ2v) is 9.98. The quantitative estimate of drug-likeness (QED) is 0.449. The molecule has 0 unspecified atom stereocenters. The average molecular weight is 492 g/mol. The number of rotatable bonds is 9. The second-order valence-electron chi connectivity index (χ2n) is 9.98. The van der Waals surface area contributed by atoms with Gasteiger partial charge >= 0.3 is 0 Å². The molecule has 7 nitrogen and oxygen atoms in total. The van der Waals surface area contributed by atoms with Crippen LogP contribution in [0, 0.1) is 12.8 Å². The molecule has 0 bridgehead atoms. The molecule has 36 heavy (non-hydrogen) atoms. The Morgan fingerprint density at radius 1 is 1.08 bits per heavy atom. The average Bonchev–Trinajstić information content (AvgIpc) is 3.54. The minimum atomic E-state index is -0.127. The van der Waals surface area contributed by atoms with E-state index in [-0.39, 0.29) is 12.0 Å². The first-order valence-corrected chi connectivity index (χ1v) is 13.1. The molecule has 0 spiro atoms. The van der Waals surface area contributed by atoms with E-state index in [1.165, 1.54) is 11.2 Å². The molecule has 2 saturated heterocycles. The van der Waals surface area contributed by atoms with Crippen LogP contribution in [0.4, 0.5) is 5.69 Å². The van der Waals surface area contributed by atoms with E-state index in [4.69, 9.17) is 14.2 Å². The summed E-state index contributed by atoms with van der Waals surface area (Å²) < 4.78 is 19.1. The smallest absolute Gasteiger partial charge is 0.255 e. The fourth-order valence-corrected chi connectivity index (χ4v) is 5.13. The second kappa shape index (κ2) is 11.5. The van der Waals surface area contributed by atoms with Crippen LogP contribution in [0.15, 0.2) is 42.5 Å². The van der Waals surface area contributed by atoms with Gasteiger partial charge in [0.05, 0.1) is 6.10 Å². The summed E-state index contributed by atoms with van der Waals surface area (Å²) in [4.78, 5) is 12.9. The molecule has 2 aliphatic rings. The number of amides is 1. The van der Waals surface area contributed by atoms with E-state index in [0.717, 1.165) is 81.0 Å². The molecular weight excluding hydrogens is 454 g/mol. The monoisotopic (exact) mass is 491 g/mol. The third-order valence-electron chi connectivity index (χ3n) is 7.50. The molecule has 192 valence electrons. The summed E-state index contributed by atoms with van der Waals surface area (Å²) in [6.45, 7) is 7.03. The Bertz CT molecular complexity index is 1180. The van der Waals surface area contributed by atoms with Crippen molar-refractivity contribution in [2.45, 2.75) is 45.3 Å². The molecule has 2 fully saturated rings. The van der Waals surface area contributed by atoms with Crippen LogP contribution in [-0.4, -0.2) is 49.6 Å². The van der Waals surface area contributed by atoms with Gasteiger partial charge in [-0.2, -0.15) is 0 Å². The van der Waals surface area contributed by atoms with Crippen LogP contribution in [0.5, 0.6) is 5.75 Å². The minimum absolute atomic E-state index is 0.127. The van der Waals surface area contributed by atoms with Crippen LogP contribution in [-0.2, 0) is 23.1 Å². The van der Waals surface area contributed by atoms with Gasteiger partial charge in [0.1, 0.15) is 12.4 Å². The van der Waals surface area contributed by atoms with Crippen LogP contribution >= 0.6 is 0 Å². The van der Waals surface area contributed by atoms with Crippen molar-refractivity contribution in [1.82, 2.24) is 9.88 Å². The van der Waals surface area contributed by atoms with Crippen molar-refractivity contribution in [2.24, 2.45) is 13.0 Å². The SMILES string of the molecule is Cc1c(NC(=O)c2ccc(OC[C@@H]3CCCO3)cc2)ccc2c1cc(CNCC1CCOCC1)n2C. The standard InChI is InChI=1S/C29H37N3O4/c1-20-26-16-23(18-30-17-21-11-14-34-15-12-21)32(2)28(26)10-9-27(20)31-29(33)22-5-7-24(8-6-22)36-19-25-4-3-13-35-25/h5-10,16,21,25,30H,3-4,11-15,17-19H2,1-2H3,(H,31,33)/t25-/m0/s1. The van der Waals surface area contributed by atoms with E-state index in [1.54, 1.807) is 12.1 Å². The van der Waals surface area contributed by atoms with E-state index in [1.807, 2.05) is 18.2 Å². The first-order valence-electron chi connectivity index (χ1n) is 13.1. The van der Waals surface area contributed by atoms with E-state index < -0.39 is 0 Å². The molecule has 2 aromatic carbocycles. The summed E-state index contributed by atoms with van der Waals surface area (Å²) in [5.74, 6) is 1.32. The maximum absolute atomic E-state index is 12.9. The minimum Gasteiger partial charge on any atom is -0.491 e. The zero-order valence-corrected chi connectivity index (χ0v) is 21.3. The molecule has 0 saturated carbocycles. The topological polar surface area (TPSA) is 73.8 Å². The number of hydrogen-bond acceptors (Lipinski definition) is 5. The van der Waals surface area contributed by atoms with Gasteiger partial charge in [0, 0.05) is 61.3 Å². The Labute approximate surface area is 213 Å². The lowest BCUT2D eigenvalue weighted by Crippen LogP contribution is -2.27.